The number of rotatable bonds is 11. The van der Waals surface area contributed by atoms with Crippen molar-refractivity contribution in [1.82, 2.24) is 0 Å². The zero-order valence-corrected chi connectivity index (χ0v) is 17.3. The first-order valence-electron chi connectivity index (χ1n) is 10.3. The summed E-state index contributed by atoms with van der Waals surface area (Å²) in [6.07, 6.45) is 4.44. The first-order chi connectivity index (χ1) is 13.4. The lowest BCUT2D eigenvalue weighted by molar-refractivity contribution is 0.0209. The molecule has 0 aliphatic heterocycles. The van der Waals surface area contributed by atoms with Crippen molar-refractivity contribution in [1.29, 1.82) is 0 Å². The van der Waals surface area contributed by atoms with Gasteiger partial charge in [0.2, 0.25) is 0 Å². The number of benzene rings is 2. The average Bonchev–Trinajstić information content (AvgIpc) is 2.73. The SMILES string of the molecule is CCC(O)(CC)CCCC(C)c1cccc(Oc2ccc(CO)c(CO)c2)c1. The fraction of sp³-hybridized carbons (Fsp3) is 0.500. The van der Waals surface area contributed by atoms with E-state index in [1.54, 1.807) is 18.2 Å². The molecule has 4 nitrogen and oxygen atoms in total. The Labute approximate surface area is 168 Å². The predicted octanol–water partition coefficient (Wildman–Crippen LogP) is 5.29. The van der Waals surface area contributed by atoms with E-state index in [0.717, 1.165) is 37.9 Å². The molecule has 1 unspecified atom stereocenters. The smallest absolute Gasteiger partial charge is 0.127 e. The normalized spacial score (nSPS) is 12.8. The molecular formula is C24H34O4. The molecule has 2 aromatic rings. The van der Waals surface area contributed by atoms with Crippen molar-refractivity contribution < 1.29 is 20.1 Å². The van der Waals surface area contributed by atoms with E-state index in [4.69, 9.17) is 4.74 Å². The number of hydrogen-bond donors (Lipinski definition) is 3. The maximum Gasteiger partial charge on any atom is 0.127 e. The van der Waals surface area contributed by atoms with Crippen LogP contribution in [0.3, 0.4) is 0 Å². The Morgan fingerprint density at radius 1 is 0.929 bits per heavy atom. The highest BCUT2D eigenvalue weighted by molar-refractivity contribution is 5.39. The second-order valence-corrected chi connectivity index (χ2v) is 7.65. The van der Waals surface area contributed by atoms with Crippen molar-refractivity contribution in [2.24, 2.45) is 0 Å². The minimum absolute atomic E-state index is 0.103. The fourth-order valence-corrected chi connectivity index (χ4v) is 3.50. The van der Waals surface area contributed by atoms with Gasteiger partial charge < -0.3 is 20.1 Å². The molecule has 0 aromatic heterocycles. The second kappa shape index (κ2) is 10.6. The summed E-state index contributed by atoms with van der Waals surface area (Å²) in [5.41, 5.74) is 2.05. The fourth-order valence-electron chi connectivity index (χ4n) is 3.50. The molecule has 0 saturated heterocycles. The van der Waals surface area contributed by atoms with Gasteiger partial charge in [-0.3, -0.25) is 0 Å². The molecule has 0 spiro atoms. The Morgan fingerprint density at radius 3 is 2.25 bits per heavy atom. The van der Waals surface area contributed by atoms with Gasteiger partial charge in [0, 0.05) is 0 Å². The number of aliphatic hydroxyl groups excluding tert-OH is 2. The van der Waals surface area contributed by atoms with Crippen LogP contribution < -0.4 is 4.74 Å². The van der Waals surface area contributed by atoms with Crippen LogP contribution in [0.4, 0.5) is 0 Å². The summed E-state index contributed by atoms with van der Waals surface area (Å²) in [6, 6.07) is 13.4. The van der Waals surface area contributed by atoms with Gasteiger partial charge in [-0.1, -0.05) is 39.0 Å². The van der Waals surface area contributed by atoms with Crippen LogP contribution in [0.1, 0.15) is 75.5 Å². The van der Waals surface area contributed by atoms with Crippen molar-refractivity contribution in [2.75, 3.05) is 0 Å². The highest BCUT2D eigenvalue weighted by atomic mass is 16.5. The molecule has 2 aromatic carbocycles. The van der Waals surface area contributed by atoms with Crippen LogP contribution in [-0.2, 0) is 13.2 Å². The van der Waals surface area contributed by atoms with Gasteiger partial charge in [-0.05, 0) is 79.0 Å². The summed E-state index contributed by atoms with van der Waals surface area (Å²) in [5, 5.41) is 29.2. The van der Waals surface area contributed by atoms with E-state index in [0.29, 0.717) is 22.8 Å². The van der Waals surface area contributed by atoms with E-state index >= 15 is 0 Å². The van der Waals surface area contributed by atoms with Gasteiger partial charge in [-0.15, -0.1) is 0 Å². The molecule has 2 rings (SSSR count). The van der Waals surface area contributed by atoms with E-state index in [1.165, 1.54) is 5.56 Å². The molecule has 4 heteroatoms. The summed E-state index contributed by atoms with van der Waals surface area (Å²) in [7, 11) is 0. The van der Waals surface area contributed by atoms with Crippen molar-refractivity contribution in [3.63, 3.8) is 0 Å². The van der Waals surface area contributed by atoms with Gasteiger partial charge in [-0.25, -0.2) is 0 Å². The molecule has 28 heavy (non-hydrogen) atoms. The van der Waals surface area contributed by atoms with E-state index in [9.17, 15) is 15.3 Å². The van der Waals surface area contributed by atoms with Gasteiger partial charge in [0.05, 0.1) is 18.8 Å². The largest absolute Gasteiger partial charge is 0.457 e. The monoisotopic (exact) mass is 386 g/mol. The molecule has 0 amide bonds. The maximum absolute atomic E-state index is 10.4. The highest BCUT2D eigenvalue weighted by Gasteiger charge is 2.21. The minimum atomic E-state index is -0.532. The second-order valence-electron chi connectivity index (χ2n) is 7.65. The molecular weight excluding hydrogens is 352 g/mol. The molecule has 0 radical (unpaired) electrons. The summed E-state index contributed by atoms with van der Waals surface area (Å²) in [6.45, 7) is 6.06. The molecule has 154 valence electrons. The molecule has 3 N–H and O–H groups in total. The quantitative estimate of drug-likeness (QED) is 0.491. The van der Waals surface area contributed by atoms with Crippen LogP contribution in [0.25, 0.3) is 0 Å². The average molecular weight is 387 g/mol. The van der Waals surface area contributed by atoms with Gasteiger partial charge in [0.15, 0.2) is 0 Å². The maximum atomic E-state index is 10.4. The molecule has 1 atom stereocenters. The van der Waals surface area contributed by atoms with E-state index in [2.05, 4.69) is 19.1 Å². The third-order valence-corrected chi connectivity index (χ3v) is 5.78. The van der Waals surface area contributed by atoms with E-state index in [1.807, 2.05) is 26.0 Å². The van der Waals surface area contributed by atoms with E-state index < -0.39 is 5.60 Å². The number of aliphatic hydroxyl groups is 3. The van der Waals surface area contributed by atoms with Crippen molar-refractivity contribution >= 4 is 0 Å². The van der Waals surface area contributed by atoms with Gasteiger partial charge >= 0.3 is 0 Å². The Balaban J connectivity index is 2.01. The third-order valence-electron chi connectivity index (χ3n) is 5.78. The van der Waals surface area contributed by atoms with Crippen LogP contribution in [0, 0.1) is 0 Å². The van der Waals surface area contributed by atoms with Crippen LogP contribution in [0.2, 0.25) is 0 Å². The van der Waals surface area contributed by atoms with Gasteiger partial charge in [-0.2, -0.15) is 0 Å². The van der Waals surface area contributed by atoms with Crippen molar-refractivity contribution in [3.05, 3.63) is 59.2 Å². The number of ether oxygens (including phenoxy) is 1. The highest BCUT2D eigenvalue weighted by Crippen LogP contribution is 2.30. The summed E-state index contributed by atoms with van der Waals surface area (Å²) in [5.74, 6) is 1.77. The molecule has 0 aliphatic carbocycles. The van der Waals surface area contributed by atoms with Crippen LogP contribution in [-0.4, -0.2) is 20.9 Å². The zero-order valence-electron chi connectivity index (χ0n) is 17.3. The van der Waals surface area contributed by atoms with Gasteiger partial charge in [0.1, 0.15) is 11.5 Å². The Kier molecular flexibility index (Phi) is 8.49. The first-order valence-corrected chi connectivity index (χ1v) is 10.3. The Morgan fingerprint density at radius 2 is 1.61 bits per heavy atom. The third kappa shape index (κ3) is 6.06. The Hall–Kier alpha value is -1.88. The molecule has 0 aliphatic rings. The zero-order chi connectivity index (χ0) is 20.6. The molecule has 0 heterocycles. The van der Waals surface area contributed by atoms with E-state index in [-0.39, 0.29) is 13.2 Å². The van der Waals surface area contributed by atoms with Gasteiger partial charge in [0.25, 0.3) is 0 Å². The topological polar surface area (TPSA) is 69.9 Å². The van der Waals surface area contributed by atoms with Crippen LogP contribution in [0.15, 0.2) is 42.5 Å². The summed E-state index contributed by atoms with van der Waals surface area (Å²) < 4.78 is 5.97. The molecule has 0 fully saturated rings. The van der Waals surface area contributed by atoms with Crippen LogP contribution in [0.5, 0.6) is 11.5 Å². The molecule has 0 saturated carbocycles. The lowest BCUT2D eigenvalue weighted by Gasteiger charge is -2.25. The standard InChI is InChI=1S/C24H34O4/c1-4-24(27,5-2)13-7-8-18(3)19-9-6-10-22(14-19)28-23-12-11-20(16-25)21(15-23)17-26/h6,9-12,14-15,18,25-27H,4-5,7-8,13,16-17H2,1-3H3. The summed E-state index contributed by atoms with van der Waals surface area (Å²) >= 11 is 0. The first kappa shape index (κ1) is 22.4. The number of hydrogen-bond acceptors (Lipinski definition) is 4. The summed E-state index contributed by atoms with van der Waals surface area (Å²) in [4.78, 5) is 0. The lowest BCUT2D eigenvalue weighted by atomic mass is 9.88. The van der Waals surface area contributed by atoms with Crippen molar-refractivity contribution in [3.8, 4) is 11.5 Å². The van der Waals surface area contributed by atoms with Crippen molar-refractivity contribution in [2.45, 2.75) is 77.6 Å². The lowest BCUT2D eigenvalue weighted by Crippen LogP contribution is -2.26. The predicted molar refractivity (Wildman–Crippen MR) is 113 cm³/mol. The molecule has 0 bridgehead atoms. The van der Waals surface area contributed by atoms with Crippen LogP contribution >= 0.6 is 0 Å². The minimum Gasteiger partial charge on any atom is -0.457 e. The Bertz CT molecular complexity index is 737.